The van der Waals surface area contributed by atoms with Crippen LogP contribution >= 0.6 is 0 Å². The Hall–Kier alpha value is -4.13. The molecule has 3 aromatic rings. The Balaban J connectivity index is 2.04. The molecule has 7 nitrogen and oxygen atoms in total. The van der Waals surface area contributed by atoms with E-state index in [4.69, 9.17) is 14.2 Å². The summed E-state index contributed by atoms with van der Waals surface area (Å²) in [5.41, 5.74) is 0.626. The van der Waals surface area contributed by atoms with Crippen LogP contribution in [0, 0.1) is 5.41 Å². The number of esters is 3. The van der Waals surface area contributed by atoms with E-state index in [-0.39, 0.29) is 13.2 Å². The highest BCUT2D eigenvalue weighted by atomic mass is 16.6. The largest absolute Gasteiger partial charge is 0.465 e. The lowest BCUT2D eigenvalue weighted by molar-refractivity contribution is -0.174. The number of anilines is 1. The van der Waals surface area contributed by atoms with Crippen LogP contribution in [0.1, 0.15) is 70.2 Å². The minimum absolute atomic E-state index is 0.0691. The van der Waals surface area contributed by atoms with E-state index < -0.39 is 46.9 Å². The molecule has 0 unspecified atom stereocenters. The van der Waals surface area contributed by atoms with Gasteiger partial charge in [0.15, 0.2) is 5.41 Å². The summed E-state index contributed by atoms with van der Waals surface area (Å²) in [5, 5.41) is 0. The molecule has 0 N–H and O–H groups in total. The first kappa shape index (κ1) is 29.8. The molecular weight excluding hydrogens is 518 g/mol. The van der Waals surface area contributed by atoms with Crippen molar-refractivity contribution in [1.29, 1.82) is 0 Å². The van der Waals surface area contributed by atoms with Crippen molar-refractivity contribution in [2.24, 2.45) is 5.41 Å². The van der Waals surface area contributed by atoms with Gasteiger partial charge in [0.05, 0.1) is 19.3 Å². The molecule has 0 aromatic heterocycles. The average molecular weight is 558 g/mol. The molecule has 7 heteroatoms. The number of hydrogen-bond donors (Lipinski definition) is 0. The third kappa shape index (κ3) is 5.85. The summed E-state index contributed by atoms with van der Waals surface area (Å²) in [7, 11) is 0. The molecule has 0 amide bonds. The molecule has 0 aliphatic carbocycles. The van der Waals surface area contributed by atoms with E-state index in [2.05, 4.69) is 0 Å². The van der Waals surface area contributed by atoms with Crippen molar-refractivity contribution in [3.8, 4) is 0 Å². The Morgan fingerprint density at radius 2 is 1.20 bits per heavy atom. The van der Waals surface area contributed by atoms with Crippen molar-refractivity contribution in [2.45, 2.75) is 65.1 Å². The van der Waals surface area contributed by atoms with Gasteiger partial charge >= 0.3 is 17.9 Å². The third-order valence-electron chi connectivity index (χ3n) is 7.34. The quantitative estimate of drug-likeness (QED) is 0.175. The molecule has 0 saturated heterocycles. The van der Waals surface area contributed by atoms with E-state index >= 15 is 0 Å². The summed E-state index contributed by atoms with van der Waals surface area (Å²) in [4.78, 5) is 43.9. The molecule has 2 atom stereocenters. The second-order valence-electron chi connectivity index (χ2n) is 11.3. The summed E-state index contributed by atoms with van der Waals surface area (Å²) < 4.78 is 17.0. The lowest BCUT2D eigenvalue weighted by Crippen LogP contribution is -2.54. The average Bonchev–Trinajstić information content (AvgIpc) is 3.29. The standard InChI is InChI=1S/C34H39NO6/c1-7-39-31(37)34(6,32(38)40-8-2)27-25-21-15-16-22-26(25)35(29(27)30(36)41-33(3,4)5)28(23-17-11-9-12-18-23)24-19-13-10-14-20-24/h9-22,27-29H,7-8H2,1-6H3/t27-,29+/m1/s1. The van der Waals surface area contributed by atoms with Crippen LogP contribution < -0.4 is 4.90 Å². The second kappa shape index (κ2) is 12.2. The van der Waals surface area contributed by atoms with E-state index in [1.807, 2.05) is 89.8 Å². The van der Waals surface area contributed by atoms with Crippen LogP contribution in [0.4, 0.5) is 5.69 Å². The van der Waals surface area contributed by atoms with Gasteiger partial charge < -0.3 is 19.1 Å². The van der Waals surface area contributed by atoms with Crippen molar-refractivity contribution >= 4 is 23.6 Å². The van der Waals surface area contributed by atoms with Gasteiger partial charge in [-0.1, -0.05) is 78.9 Å². The number of hydrogen-bond acceptors (Lipinski definition) is 7. The number of benzene rings is 3. The molecule has 0 radical (unpaired) electrons. The monoisotopic (exact) mass is 557 g/mol. The predicted molar refractivity (Wildman–Crippen MR) is 157 cm³/mol. The second-order valence-corrected chi connectivity index (χ2v) is 11.3. The fourth-order valence-corrected chi connectivity index (χ4v) is 5.69. The summed E-state index contributed by atoms with van der Waals surface area (Å²) in [6.07, 6.45) is 0. The van der Waals surface area contributed by atoms with Crippen LogP contribution in [-0.4, -0.2) is 42.8 Å². The van der Waals surface area contributed by atoms with Crippen LogP contribution in [0.5, 0.6) is 0 Å². The van der Waals surface area contributed by atoms with Gasteiger partial charge in [0, 0.05) is 11.6 Å². The highest BCUT2D eigenvalue weighted by Gasteiger charge is 2.62. The number of para-hydroxylation sites is 1. The first-order valence-electron chi connectivity index (χ1n) is 14.1. The van der Waals surface area contributed by atoms with E-state index in [1.165, 1.54) is 6.92 Å². The molecule has 1 aliphatic rings. The maximum absolute atomic E-state index is 14.4. The third-order valence-corrected chi connectivity index (χ3v) is 7.34. The van der Waals surface area contributed by atoms with E-state index in [1.54, 1.807) is 34.6 Å². The normalized spacial score (nSPS) is 16.7. The van der Waals surface area contributed by atoms with Crippen LogP contribution in [-0.2, 0) is 28.6 Å². The number of fused-ring (bicyclic) bond motifs is 1. The Labute approximate surface area is 242 Å². The Kier molecular flexibility index (Phi) is 8.86. The minimum Gasteiger partial charge on any atom is -0.465 e. The van der Waals surface area contributed by atoms with Crippen LogP contribution in [0.2, 0.25) is 0 Å². The topological polar surface area (TPSA) is 82.1 Å². The molecule has 0 saturated carbocycles. The molecule has 1 heterocycles. The molecule has 0 fully saturated rings. The first-order valence-corrected chi connectivity index (χ1v) is 14.1. The van der Waals surface area contributed by atoms with E-state index in [0.29, 0.717) is 5.56 Å². The number of nitrogens with zero attached hydrogens (tertiary/aromatic N) is 1. The zero-order valence-electron chi connectivity index (χ0n) is 24.6. The summed E-state index contributed by atoms with van der Waals surface area (Å²) in [5.74, 6) is -2.99. The highest BCUT2D eigenvalue weighted by Crippen LogP contribution is 2.55. The number of ether oxygens (including phenoxy) is 3. The number of rotatable bonds is 9. The number of carbonyl (C=O) groups excluding carboxylic acids is 3. The predicted octanol–water partition coefficient (Wildman–Crippen LogP) is 6.22. The van der Waals surface area contributed by atoms with Gasteiger partial charge in [-0.25, -0.2) is 4.79 Å². The fraction of sp³-hybridized carbons (Fsp3) is 0.382. The zero-order chi connectivity index (χ0) is 29.8. The van der Waals surface area contributed by atoms with Crippen LogP contribution in [0.3, 0.4) is 0 Å². The van der Waals surface area contributed by atoms with Crippen LogP contribution in [0.25, 0.3) is 0 Å². The SMILES string of the molecule is CCOC(=O)C(C)(C(=O)OCC)[C@@H]1c2ccccc2N(C(c2ccccc2)c2ccccc2)[C@@H]1C(=O)OC(C)(C)C. The zero-order valence-corrected chi connectivity index (χ0v) is 24.6. The molecule has 0 spiro atoms. The Morgan fingerprint density at radius 1 is 0.732 bits per heavy atom. The summed E-state index contributed by atoms with van der Waals surface area (Å²) in [6.45, 7) is 10.4. The summed E-state index contributed by atoms with van der Waals surface area (Å²) in [6, 6.07) is 25.8. The Bertz CT molecular complexity index is 1310. The lowest BCUT2D eigenvalue weighted by atomic mass is 9.70. The van der Waals surface area contributed by atoms with E-state index in [9.17, 15) is 14.4 Å². The molecule has 0 bridgehead atoms. The van der Waals surface area contributed by atoms with Crippen molar-refractivity contribution < 1.29 is 28.6 Å². The van der Waals surface area contributed by atoms with Gasteiger partial charge in [-0.05, 0) is 64.3 Å². The fourth-order valence-electron chi connectivity index (χ4n) is 5.69. The first-order chi connectivity index (χ1) is 19.5. The molecule has 4 rings (SSSR count). The van der Waals surface area contributed by atoms with Crippen LogP contribution in [0.15, 0.2) is 84.9 Å². The maximum atomic E-state index is 14.4. The molecule has 3 aromatic carbocycles. The van der Waals surface area contributed by atoms with Crippen molar-refractivity contribution in [1.82, 2.24) is 0 Å². The van der Waals surface area contributed by atoms with E-state index in [0.717, 1.165) is 16.8 Å². The molecule has 41 heavy (non-hydrogen) atoms. The van der Waals surface area contributed by atoms with Gasteiger partial charge in [-0.15, -0.1) is 0 Å². The maximum Gasteiger partial charge on any atom is 0.330 e. The minimum atomic E-state index is -1.84. The lowest BCUT2D eigenvalue weighted by Gasteiger charge is -2.40. The van der Waals surface area contributed by atoms with Gasteiger partial charge in [-0.2, -0.15) is 0 Å². The molecular formula is C34H39NO6. The smallest absolute Gasteiger partial charge is 0.330 e. The van der Waals surface area contributed by atoms with Crippen molar-refractivity contribution in [2.75, 3.05) is 18.1 Å². The van der Waals surface area contributed by atoms with Gasteiger partial charge in [0.1, 0.15) is 11.6 Å². The molecule has 216 valence electrons. The van der Waals surface area contributed by atoms with Crippen molar-refractivity contribution in [3.05, 3.63) is 102 Å². The van der Waals surface area contributed by atoms with Crippen molar-refractivity contribution in [3.63, 3.8) is 0 Å². The summed E-state index contributed by atoms with van der Waals surface area (Å²) >= 11 is 0. The van der Waals surface area contributed by atoms with Gasteiger partial charge in [-0.3, -0.25) is 9.59 Å². The molecule has 1 aliphatic heterocycles. The Morgan fingerprint density at radius 3 is 1.66 bits per heavy atom. The van der Waals surface area contributed by atoms with Gasteiger partial charge in [0.2, 0.25) is 0 Å². The number of carbonyl (C=O) groups is 3. The van der Waals surface area contributed by atoms with Gasteiger partial charge in [0.25, 0.3) is 0 Å². The highest BCUT2D eigenvalue weighted by molar-refractivity contribution is 6.03.